The average Bonchev–Trinajstić information content (AvgIpc) is 2.48. The van der Waals surface area contributed by atoms with Gasteiger partial charge in [-0.1, -0.05) is 23.9 Å². The Bertz CT molecular complexity index is 596. The van der Waals surface area contributed by atoms with Gasteiger partial charge in [0, 0.05) is 15.8 Å². The van der Waals surface area contributed by atoms with Crippen LogP contribution >= 0.6 is 11.8 Å². The first-order valence-electron chi connectivity index (χ1n) is 6.65. The fourth-order valence-corrected chi connectivity index (χ4v) is 2.91. The van der Waals surface area contributed by atoms with Crippen LogP contribution in [-0.4, -0.2) is 13.2 Å². The van der Waals surface area contributed by atoms with Gasteiger partial charge in [-0.2, -0.15) is 0 Å². The minimum absolute atomic E-state index is 0.0725. The normalized spacial score (nSPS) is 14.9. The average molecular weight is 287 g/mol. The van der Waals surface area contributed by atoms with Crippen molar-refractivity contribution in [3.05, 3.63) is 48.0 Å². The van der Waals surface area contributed by atoms with Crippen LogP contribution < -0.4 is 15.2 Å². The molecule has 0 aromatic heterocycles. The second-order valence-corrected chi connectivity index (χ2v) is 5.91. The van der Waals surface area contributed by atoms with E-state index in [0.717, 1.165) is 22.0 Å². The van der Waals surface area contributed by atoms with E-state index in [1.54, 1.807) is 11.8 Å². The molecule has 0 saturated heterocycles. The van der Waals surface area contributed by atoms with Gasteiger partial charge in [-0.05, 0) is 42.8 Å². The molecule has 1 aliphatic heterocycles. The summed E-state index contributed by atoms with van der Waals surface area (Å²) in [6.45, 7) is 3.23. The lowest BCUT2D eigenvalue weighted by Gasteiger charge is -2.18. The van der Waals surface area contributed by atoms with Crippen molar-refractivity contribution in [2.45, 2.75) is 22.8 Å². The van der Waals surface area contributed by atoms with E-state index in [1.165, 1.54) is 4.90 Å². The lowest BCUT2D eigenvalue weighted by Crippen LogP contribution is -2.15. The van der Waals surface area contributed by atoms with E-state index in [2.05, 4.69) is 30.3 Å². The fraction of sp³-hybridized carbons (Fsp3) is 0.250. The van der Waals surface area contributed by atoms with Crippen molar-refractivity contribution in [1.82, 2.24) is 0 Å². The fourth-order valence-electron chi connectivity index (χ4n) is 2.06. The lowest BCUT2D eigenvalue weighted by molar-refractivity contribution is 0.171. The molecular formula is C16H17NO2S. The number of rotatable bonds is 3. The van der Waals surface area contributed by atoms with E-state index < -0.39 is 0 Å². The monoisotopic (exact) mass is 287 g/mol. The smallest absolute Gasteiger partial charge is 0.162 e. The van der Waals surface area contributed by atoms with Gasteiger partial charge in [-0.15, -0.1) is 0 Å². The molecule has 1 atom stereocenters. The maximum absolute atomic E-state index is 5.86. The van der Waals surface area contributed by atoms with Crippen molar-refractivity contribution >= 4 is 11.8 Å². The van der Waals surface area contributed by atoms with Gasteiger partial charge in [0.05, 0.1) is 0 Å². The molecule has 4 heteroatoms. The molecule has 0 aliphatic carbocycles. The first-order chi connectivity index (χ1) is 9.72. The van der Waals surface area contributed by atoms with Crippen LogP contribution in [0.25, 0.3) is 0 Å². The Balaban J connectivity index is 1.77. The molecule has 0 bridgehead atoms. The highest BCUT2D eigenvalue weighted by molar-refractivity contribution is 7.99. The molecule has 0 unspecified atom stereocenters. The molecule has 104 valence electrons. The van der Waals surface area contributed by atoms with Crippen LogP contribution in [0.3, 0.4) is 0 Å². The van der Waals surface area contributed by atoms with Gasteiger partial charge in [0.25, 0.3) is 0 Å². The summed E-state index contributed by atoms with van der Waals surface area (Å²) in [6, 6.07) is 14.5. The van der Waals surface area contributed by atoms with E-state index in [1.807, 2.05) is 19.1 Å². The molecule has 2 N–H and O–H groups in total. The maximum Gasteiger partial charge on any atom is 0.162 e. The highest BCUT2D eigenvalue weighted by atomic mass is 32.2. The Morgan fingerprint density at radius 3 is 2.30 bits per heavy atom. The topological polar surface area (TPSA) is 44.5 Å². The van der Waals surface area contributed by atoms with Crippen molar-refractivity contribution in [1.29, 1.82) is 0 Å². The van der Waals surface area contributed by atoms with Gasteiger partial charge < -0.3 is 15.2 Å². The van der Waals surface area contributed by atoms with Crippen LogP contribution in [0.15, 0.2) is 52.3 Å². The highest BCUT2D eigenvalue weighted by Crippen LogP contribution is 2.36. The molecule has 0 spiro atoms. The number of fused-ring (bicyclic) bond motifs is 1. The molecule has 20 heavy (non-hydrogen) atoms. The van der Waals surface area contributed by atoms with Crippen molar-refractivity contribution in [2.75, 3.05) is 13.2 Å². The zero-order chi connectivity index (χ0) is 13.9. The van der Waals surface area contributed by atoms with Crippen molar-refractivity contribution < 1.29 is 9.47 Å². The predicted octanol–water partition coefficient (Wildman–Crippen LogP) is 3.63. The van der Waals surface area contributed by atoms with E-state index in [-0.39, 0.29) is 6.04 Å². The van der Waals surface area contributed by atoms with Crippen LogP contribution in [0.2, 0.25) is 0 Å². The molecule has 0 fully saturated rings. The van der Waals surface area contributed by atoms with Gasteiger partial charge in [0.15, 0.2) is 11.5 Å². The van der Waals surface area contributed by atoms with Gasteiger partial charge in [0.1, 0.15) is 13.2 Å². The summed E-state index contributed by atoms with van der Waals surface area (Å²) in [4.78, 5) is 2.33. The van der Waals surface area contributed by atoms with Crippen molar-refractivity contribution in [2.24, 2.45) is 5.73 Å². The number of nitrogens with two attached hydrogens (primary N) is 1. The molecule has 1 heterocycles. The van der Waals surface area contributed by atoms with Crippen LogP contribution in [-0.2, 0) is 0 Å². The van der Waals surface area contributed by atoms with E-state index in [0.29, 0.717) is 13.2 Å². The molecule has 1 aliphatic rings. The van der Waals surface area contributed by atoms with Crippen LogP contribution in [0.1, 0.15) is 18.5 Å². The summed E-state index contributed by atoms with van der Waals surface area (Å²) in [6.07, 6.45) is 0. The number of hydrogen-bond acceptors (Lipinski definition) is 4. The van der Waals surface area contributed by atoms with E-state index in [4.69, 9.17) is 15.2 Å². The second kappa shape index (κ2) is 5.77. The van der Waals surface area contributed by atoms with Gasteiger partial charge in [-0.25, -0.2) is 0 Å². The molecule has 3 nitrogen and oxygen atoms in total. The van der Waals surface area contributed by atoms with Crippen molar-refractivity contribution in [3.8, 4) is 11.5 Å². The van der Waals surface area contributed by atoms with E-state index in [9.17, 15) is 0 Å². The third-order valence-corrected chi connectivity index (χ3v) is 4.15. The zero-order valence-electron chi connectivity index (χ0n) is 11.3. The Morgan fingerprint density at radius 2 is 1.60 bits per heavy atom. The number of ether oxygens (including phenoxy) is 2. The highest BCUT2D eigenvalue weighted by Gasteiger charge is 2.12. The molecule has 2 aromatic rings. The van der Waals surface area contributed by atoms with Crippen LogP contribution in [0.5, 0.6) is 11.5 Å². The molecule has 3 rings (SSSR count). The summed E-state index contributed by atoms with van der Waals surface area (Å²) in [5.41, 5.74) is 7.00. The summed E-state index contributed by atoms with van der Waals surface area (Å²) < 4.78 is 11.1. The minimum atomic E-state index is 0.0725. The molecule has 2 aromatic carbocycles. The third kappa shape index (κ3) is 2.92. The predicted molar refractivity (Wildman–Crippen MR) is 80.6 cm³/mol. The summed E-state index contributed by atoms with van der Waals surface area (Å²) in [5.74, 6) is 1.65. The summed E-state index contributed by atoms with van der Waals surface area (Å²) in [7, 11) is 0. The largest absolute Gasteiger partial charge is 0.486 e. The third-order valence-electron chi connectivity index (χ3n) is 3.16. The SMILES string of the molecule is C[C@H](N)c1ccc(Sc2ccc3c(c2)OCCO3)cc1. The second-order valence-electron chi connectivity index (χ2n) is 4.77. The first-order valence-corrected chi connectivity index (χ1v) is 7.47. The van der Waals surface area contributed by atoms with Crippen LogP contribution in [0.4, 0.5) is 0 Å². The Morgan fingerprint density at radius 1 is 0.950 bits per heavy atom. The zero-order valence-corrected chi connectivity index (χ0v) is 12.2. The molecule has 0 saturated carbocycles. The van der Waals surface area contributed by atoms with Gasteiger partial charge in [0.2, 0.25) is 0 Å². The minimum Gasteiger partial charge on any atom is -0.486 e. The summed E-state index contributed by atoms with van der Waals surface area (Å²) in [5, 5.41) is 0. The first kappa shape index (κ1) is 13.3. The van der Waals surface area contributed by atoms with Gasteiger partial charge in [-0.3, -0.25) is 0 Å². The molecular weight excluding hydrogens is 270 g/mol. The Kier molecular flexibility index (Phi) is 3.85. The molecule has 0 amide bonds. The number of benzene rings is 2. The summed E-state index contributed by atoms with van der Waals surface area (Å²) >= 11 is 1.70. The Hall–Kier alpha value is -1.65. The maximum atomic E-state index is 5.86. The Labute approximate surface area is 123 Å². The van der Waals surface area contributed by atoms with Crippen molar-refractivity contribution in [3.63, 3.8) is 0 Å². The van der Waals surface area contributed by atoms with E-state index >= 15 is 0 Å². The van der Waals surface area contributed by atoms with Crippen LogP contribution in [0, 0.1) is 0 Å². The number of hydrogen-bond donors (Lipinski definition) is 1. The molecule has 0 radical (unpaired) electrons. The standard InChI is InChI=1S/C16H17NO2S/c1-11(17)12-2-4-13(5-3-12)20-14-6-7-15-16(10-14)19-9-8-18-15/h2-7,10-11H,8-9,17H2,1H3/t11-/m0/s1. The lowest BCUT2D eigenvalue weighted by atomic mass is 10.1. The van der Waals surface area contributed by atoms with Gasteiger partial charge >= 0.3 is 0 Å². The quantitative estimate of drug-likeness (QED) is 0.936.